The minimum atomic E-state index is -0.547. The van der Waals surface area contributed by atoms with Gasteiger partial charge in [0.2, 0.25) is 0 Å². The van der Waals surface area contributed by atoms with E-state index in [4.69, 9.17) is 4.74 Å². The first-order valence-corrected chi connectivity index (χ1v) is 7.89. The van der Waals surface area contributed by atoms with Crippen molar-refractivity contribution in [2.75, 3.05) is 5.32 Å². The summed E-state index contributed by atoms with van der Waals surface area (Å²) in [5, 5.41) is 5.44. The van der Waals surface area contributed by atoms with Gasteiger partial charge in [-0.1, -0.05) is 12.1 Å². The summed E-state index contributed by atoms with van der Waals surface area (Å²) in [7, 11) is 0. The van der Waals surface area contributed by atoms with Gasteiger partial charge in [0.15, 0.2) is 0 Å². The van der Waals surface area contributed by atoms with E-state index < -0.39 is 11.7 Å². The van der Waals surface area contributed by atoms with E-state index in [1.165, 1.54) is 12.4 Å². The van der Waals surface area contributed by atoms with Crippen LogP contribution in [0.5, 0.6) is 0 Å². The Morgan fingerprint density at radius 2 is 1.92 bits per heavy atom. The van der Waals surface area contributed by atoms with Crippen LogP contribution in [0.25, 0.3) is 0 Å². The summed E-state index contributed by atoms with van der Waals surface area (Å²) >= 11 is 0. The molecule has 1 aromatic heterocycles. The fraction of sp³-hybridized carbons (Fsp3) is 0.333. The average Bonchev–Trinajstić information content (AvgIpc) is 2.52. The highest BCUT2D eigenvalue weighted by Gasteiger charge is 2.15. The van der Waals surface area contributed by atoms with Gasteiger partial charge in [0.1, 0.15) is 11.3 Å². The number of aromatic nitrogens is 2. The van der Waals surface area contributed by atoms with Crippen molar-refractivity contribution in [3.8, 4) is 0 Å². The number of anilines is 1. The Hall–Kier alpha value is -2.96. The average molecular weight is 342 g/mol. The molecule has 2 amide bonds. The lowest BCUT2D eigenvalue weighted by Crippen LogP contribution is -2.32. The van der Waals surface area contributed by atoms with Crippen LogP contribution in [-0.2, 0) is 11.3 Å². The number of hydrogen-bond donors (Lipinski definition) is 2. The molecule has 0 unspecified atom stereocenters. The molecule has 0 aliphatic rings. The van der Waals surface area contributed by atoms with Crippen LogP contribution in [0, 0.1) is 6.92 Å². The Bertz CT molecular complexity index is 752. The third-order valence-corrected chi connectivity index (χ3v) is 3.03. The predicted octanol–water partition coefficient (Wildman–Crippen LogP) is 3.06. The van der Waals surface area contributed by atoms with E-state index in [0.717, 1.165) is 11.3 Å². The minimum absolute atomic E-state index is 0.239. The summed E-state index contributed by atoms with van der Waals surface area (Å²) in [4.78, 5) is 31.9. The molecular weight excluding hydrogens is 320 g/mol. The van der Waals surface area contributed by atoms with Crippen molar-refractivity contribution in [2.24, 2.45) is 0 Å². The number of rotatable bonds is 4. The number of ether oxygens (including phenoxy) is 1. The fourth-order valence-electron chi connectivity index (χ4n) is 1.95. The molecular formula is C18H22N4O3. The number of nitrogens with one attached hydrogen (secondary N) is 2. The molecule has 0 aliphatic carbocycles. The topological polar surface area (TPSA) is 93.2 Å². The highest BCUT2D eigenvalue weighted by molar-refractivity contribution is 6.02. The zero-order valence-electron chi connectivity index (χ0n) is 14.8. The molecule has 0 bridgehead atoms. The summed E-state index contributed by atoms with van der Waals surface area (Å²) in [5.41, 5.74) is 1.87. The van der Waals surface area contributed by atoms with Gasteiger partial charge in [0.25, 0.3) is 5.91 Å². The van der Waals surface area contributed by atoms with Crippen molar-refractivity contribution in [3.63, 3.8) is 0 Å². The lowest BCUT2D eigenvalue weighted by molar-refractivity contribution is 0.0523. The Balaban J connectivity index is 1.95. The summed E-state index contributed by atoms with van der Waals surface area (Å²) in [6.45, 7) is 7.50. The van der Waals surface area contributed by atoms with Gasteiger partial charge in [0, 0.05) is 18.4 Å². The molecule has 2 N–H and O–H groups in total. The molecule has 0 radical (unpaired) electrons. The predicted molar refractivity (Wildman–Crippen MR) is 94.2 cm³/mol. The SMILES string of the molecule is Cc1cnc(C(=O)Nc2cccc(CNC(=O)OC(C)(C)C)c2)cn1. The zero-order chi connectivity index (χ0) is 18.4. The zero-order valence-corrected chi connectivity index (χ0v) is 14.8. The molecule has 25 heavy (non-hydrogen) atoms. The molecule has 0 saturated heterocycles. The molecule has 0 saturated carbocycles. The van der Waals surface area contributed by atoms with Crippen molar-refractivity contribution in [3.05, 3.63) is 53.6 Å². The normalized spacial score (nSPS) is 10.9. The van der Waals surface area contributed by atoms with Crippen LogP contribution in [-0.4, -0.2) is 27.6 Å². The molecule has 0 aliphatic heterocycles. The van der Waals surface area contributed by atoms with Gasteiger partial charge in [-0.15, -0.1) is 0 Å². The van der Waals surface area contributed by atoms with Crippen molar-refractivity contribution < 1.29 is 14.3 Å². The Morgan fingerprint density at radius 1 is 1.16 bits per heavy atom. The van der Waals surface area contributed by atoms with Crippen LogP contribution in [0.1, 0.15) is 42.5 Å². The Morgan fingerprint density at radius 3 is 2.56 bits per heavy atom. The van der Waals surface area contributed by atoms with Gasteiger partial charge in [0.05, 0.1) is 11.9 Å². The molecule has 1 aromatic carbocycles. The number of benzene rings is 1. The highest BCUT2D eigenvalue weighted by atomic mass is 16.6. The summed E-state index contributed by atoms with van der Waals surface area (Å²) in [6.07, 6.45) is 2.48. The van der Waals surface area contributed by atoms with Crippen LogP contribution in [0.15, 0.2) is 36.7 Å². The first kappa shape index (κ1) is 18.4. The van der Waals surface area contributed by atoms with E-state index in [0.29, 0.717) is 12.2 Å². The minimum Gasteiger partial charge on any atom is -0.444 e. The maximum absolute atomic E-state index is 12.2. The van der Waals surface area contributed by atoms with E-state index in [-0.39, 0.29) is 11.6 Å². The number of hydrogen-bond acceptors (Lipinski definition) is 5. The summed E-state index contributed by atoms with van der Waals surface area (Å²) in [5.74, 6) is -0.343. The first-order valence-electron chi connectivity index (χ1n) is 7.89. The summed E-state index contributed by atoms with van der Waals surface area (Å²) < 4.78 is 5.19. The van der Waals surface area contributed by atoms with Gasteiger partial charge >= 0.3 is 6.09 Å². The second-order valence-electron chi connectivity index (χ2n) is 6.55. The van der Waals surface area contributed by atoms with Crippen molar-refractivity contribution >= 4 is 17.7 Å². The third kappa shape index (κ3) is 6.21. The van der Waals surface area contributed by atoms with Gasteiger partial charge in [-0.2, -0.15) is 0 Å². The van der Waals surface area contributed by atoms with Crippen LogP contribution in [0.2, 0.25) is 0 Å². The van der Waals surface area contributed by atoms with Crippen LogP contribution in [0.4, 0.5) is 10.5 Å². The number of amides is 2. The van der Waals surface area contributed by atoms with Crippen LogP contribution < -0.4 is 10.6 Å². The number of aryl methyl sites for hydroxylation is 1. The van der Waals surface area contributed by atoms with E-state index in [9.17, 15) is 9.59 Å². The van der Waals surface area contributed by atoms with Gasteiger partial charge in [-0.3, -0.25) is 9.78 Å². The first-order chi connectivity index (χ1) is 11.7. The van der Waals surface area contributed by atoms with E-state index in [2.05, 4.69) is 20.6 Å². The van der Waals surface area contributed by atoms with Crippen LogP contribution in [0.3, 0.4) is 0 Å². The number of alkyl carbamates (subject to hydrolysis) is 1. The van der Waals surface area contributed by atoms with Crippen LogP contribution >= 0.6 is 0 Å². The molecule has 2 aromatic rings. The Kier molecular flexibility index (Phi) is 5.69. The van der Waals surface area contributed by atoms with E-state index in [1.807, 2.05) is 6.07 Å². The largest absolute Gasteiger partial charge is 0.444 e. The lowest BCUT2D eigenvalue weighted by Gasteiger charge is -2.19. The van der Waals surface area contributed by atoms with E-state index >= 15 is 0 Å². The number of carbonyl (C=O) groups excluding carboxylic acids is 2. The van der Waals surface area contributed by atoms with Crippen molar-refractivity contribution in [2.45, 2.75) is 39.8 Å². The molecule has 7 heteroatoms. The monoisotopic (exact) mass is 342 g/mol. The Labute approximate surface area is 146 Å². The van der Waals surface area contributed by atoms with E-state index in [1.54, 1.807) is 45.9 Å². The third-order valence-electron chi connectivity index (χ3n) is 3.03. The lowest BCUT2D eigenvalue weighted by atomic mass is 10.2. The summed E-state index contributed by atoms with van der Waals surface area (Å²) in [6, 6.07) is 7.18. The molecule has 2 rings (SSSR count). The maximum Gasteiger partial charge on any atom is 0.407 e. The second-order valence-corrected chi connectivity index (χ2v) is 6.55. The maximum atomic E-state index is 12.2. The van der Waals surface area contributed by atoms with Crippen molar-refractivity contribution in [1.82, 2.24) is 15.3 Å². The molecule has 0 fully saturated rings. The molecule has 1 heterocycles. The smallest absolute Gasteiger partial charge is 0.407 e. The molecule has 132 valence electrons. The molecule has 0 spiro atoms. The molecule has 7 nitrogen and oxygen atoms in total. The number of carbonyl (C=O) groups is 2. The quantitative estimate of drug-likeness (QED) is 0.891. The molecule has 0 atom stereocenters. The van der Waals surface area contributed by atoms with Crippen molar-refractivity contribution in [1.29, 1.82) is 0 Å². The standard InChI is InChI=1S/C18H22N4O3/c1-12-9-20-15(11-19-12)16(23)22-14-7-5-6-13(8-14)10-21-17(24)25-18(2,3)4/h5-9,11H,10H2,1-4H3,(H,21,24)(H,22,23). The second kappa shape index (κ2) is 7.74. The van der Waals surface area contributed by atoms with Gasteiger partial charge in [-0.25, -0.2) is 9.78 Å². The fourth-order valence-corrected chi connectivity index (χ4v) is 1.95. The highest BCUT2D eigenvalue weighted by Crippen LogP contribution is 2.12. The van der Waals surface area contributed by atoms with Gasteiger partial charge in [-0.05, 0) is 45.4 Å². The number of nitrogens with zero attached hydrogens (tertiary/aromatic N) is 2. The van der Waals surface area contributed by atoms with Gasteiger partial charge < -0.3 is 15.4 Å².